The third-order valence-corrected chi connectivity index (χ3v) is 4.23. The minimum atomic E-state index is 0.268. The largest absolute Gasteiger partial charge is 0.288 e. The van der Waals surface area contributed by atoms with E-state index in [1.807, 2.05) is 0 Å². The molecule has 1 rings (SSSR count). The van der Waals surface area contributed by atoms with Gasteiger partial charge in [0.1, 0.15) is 0 Å². The zero-order chi connectivity index (χ0) is 13.1. The fourth-order valence-electron chi connectivity index (χ4n) is 1.78. The average molecular weight is 258 g/mol. The van der Waals surface area contributed by atoms with Gasteiger partial charge in [0.15, 0.2) is 5.12 Å². The summed E-state index contributed by atoms with van der Waals surface area (Å²) in [6.07, 6.45) is 10.5. The van der Waals surface area contributed by atoms with Crippen molar-refractivity contribution in [1.82, 2.24) is 0 Å². The molecular weight excluding hydrogens is 228 g/mol. The van der Waals surface area contributed by atoms with Crippen LogP contribution in [0.1, 0.15) is 79.1 Å². The summed E-state index contributed by atoms with van der Waals surface area (Å²) in [6.45, 7) is 8.30. The number of carbonyl (C=O) groups is 1. The van der Waals surface area contributed by atoms with Crippen LogP contribution in [0.15, 0.2) is 0 Å². The number of hydrogen-bond acceptors (Lipinski definition) is 2. The lowest BCUT2D eigenvalue weighted by molar-refractivity contribution is -0.109. The molecule has 0 saturated heterocycles. The molecule has 2 heteroatoms. The summed E-state index contributed by atoms with van der Waals surface area (Å²) >= 11 is 1.53. The Kier molecular flexibility index (Phi) is 11.1. The van der Waals surface area contributed by atoms with Gasteiger partial charge in [0.25, 0.3) is 0 Å². The second kappa shape index (κ2) is 11.1. The van der Waals surface area contributed by atoms with E-state index >= 15 is 0 Å². The average Bonchev–Trinajstić information content (AvgIpc) is 3.10. The van der Waals surface area contributed by atoms with Gasteiger partial charge in [0.2, 0.25) is 0 Å². The molecule has 0 N–H and O–H groups in total. The molecule has 1 nitrogen and oxygen atoms in total. The highest BCUT2D eigenvalue weighted by Gasteiger charge is 2.17. The lowest BCUT2D eigenvalue weighted by Gasteiger charge is -2.12. The van der Waals surface area contributed by atoms with Crippen LogP contribution in [0, 0.1) is 5.92 Å². The Morgan fingerprint density at radius 2 is 1.82 bits per heavy atom. The molecule has 0 bridgehead atoms. The maximum absolute atomic E-state index is 10.9. The van der Waals surface area contributed by atoms with Crippen LogP contribution in [0.4, 0.5) is 0 Å². The van der Waals surface area contributed by atoms with Gasteiger partial charge >= 0.3 is 0 Å². The van der Waals surface area contributed by atoms with E-state index in [0.717, 1.165) is 5.92 Å². The van der Waals surface area contributed by atoms with Crippen molar-refractivity contribution in [3.05, 3.63) is 0 Å². The molecular formula is C15H30OS. The first-order chi connectivity index (χ1) is 8.13. The van der Waals surface area contributed by atoms with Gasteiger partial charge in [-0.2, -0.15) is 0 Å². The van der Waals surface area contributed by atoms with E-state index in [4.69, 9.17) is 0 Å². The van der Waals surface area contributed by atoms with E-state index in [0.29, 0.717) is 5.25 Å². The Labute approximate surface area is 112 Å². The molecule has 0 spiro atoms. The Hall–Kier alpha value is 0.0200. The molecule has 1 atom stereocenters. The molecule has 0 heterocycles. The summed E-state index contributed by atoms with van der Waals surface area (Å²) in [4.78, 5) is 10.9. The first-order valence-electron chi connectivity index (χ1n) is 7.31. The van der Waals surface area contributed by atoms with Crippen molar-refractivity contribution in [3.8, 4) is 0 Å². The van der Waals surface area contributed by atoms with Gasteiger partial charge in [-0.1, -0.05) is 71.1 Å². The van der Waals surface area contributed by atoms with Crippen LogP contribution in [0.25, 0.3) is 0 Å². The number of unbranched alkanes of at least 4 members (excludes halogenated alkanes) is 1. The van der Waals surface area contributed by atoms with Gasteiger partial charge < -0.3 is 0 Å². The van der Waals surface area contributed by atoms with Gasteiger partial charge in [-0.3, -0.25) is 4.79 Å². The third-order valence-electron chi connectivity index (χ3n) is 3.10. The molecule has 0 radical (unpaired) electrons. The van der Waals surface area contributed by atoms with Crippen LogP contribution in [0.5, 0.6) is 0 Å². The molecule has 0 aliphatic heterocycles. The molecule has 1 saturated carbocycles. The second-order valence-electron chi connectivity index (χ2n) is 5.01. The summed E-state index contributed by atoms with van der Waals surface area (Å²) in [5.74, 6) is 1.13. The Bertz CT molecular complexity index is 187. The molecule has 1 aliphatic rings. The molecule has 1 fully saturated rings. The summed E-state index contributed by atoms with van der Waals surface area (Å²) in [6, 6.07) is 0. The van der Waals surface area contributed by atoms with E-state index in [9.17, 15) is 4.79 Å². The molecule has 102 valence electrons. The van der Waals surface area contributed by atoms with E-state index in [1.165, 1.54) is 63.1 Å². The summed E-state index contributed by atoms with van der Waals surface area (Å²) in [5.41, 5.74) is 0. The van der Waals surface area contributed by atoms with Crippen molar-refractivity contribution in [2.24, 2.45) is 5.92 Å². The zero-order valence-corrected chi connectivity index (χ0v) is 12.9. The van der Waals surface area contributed by atoms with Crippen LogP contribution < -0.4 is 0 Å². The fraction of sp³-hybridized carbons (Fsp3) is 0.933. The fourth-order valence-corrected chi connectivity index (χ4v) is 2.88. The van der Waals surface area contributed by atoms with Crippen molar-refractivity contribution in [3.63, 3.8) is 0 Å². The Morgan fingerprint density at radius 3 is 2.12 bits per heavy atom. The topological polar surface area (TPSA) is 17.1 Å². The summed E-state index contributed by atoms with van der Waals surface area (Å²) in [5, 5.41) is 0.844. The van der Waals surface area contributed by atoms with E-state index in [-0.39, 0.29) is 5.12 Å². The van der Waals surface area contributed by atoms with E-state index in [2.05, 4.69) is 20.8 Å². The van der Waals surface area contributed by atoms with Crippen molar-refractivity contribution in [1.29, 1.82) is 0 Å². The van der Waals surface area contributed by atoms with Gasteiger partial charge in [0, 0.05) is 12.2 Å². The van der Waals surface area contributed by atoms with Crippen LogP contribution >= 0.6 is 11.8 Å². The summed E-state index contributed by atoms with van der Waals surface area (Å²) < 4.78 is 0. The van der Waals surface area contributed by atoms with E-state index < -0.39 is 0 Å². The lowest BCUT2D eigenvalue weighted by Crippen LogP contribution is -2.04. The first kappa shape index (κ1) is 17.0. The molecule has 1 aliphatic carbocycles. The Morgan fingerprint density at radius 1 is 1.18 bits per heavy atom. The first-order valence-corrected chi connectivity index (χ1v) is 8.19. The lowest BCUT2D eigenvalue weighted by atomic mass is 10.1. The minimum Gasteiger partial charge on any atom is -0.288 e. The highest BCUT2D eigenvalue weighted by molar-refractivity contribution is 8.14. The van der Waals surface area contributed by atoms with Crippen LogP contribution in [-0.4, -0.2) is 10.4 Å². The third kappa shape index (κ3) is 12.3. The van der Waals surface area contributed by atoms with Crippen molar-refractivity contribution >= 4 is 16.9 Å². The van der Waals surface area contributed by atoms with Gasteiger partial charge in [0.05, 0.1) is 0 Å². The maximum atomic E-state index is 10.9. The number of hydrogen-bond donors (Lipinski definition) is 0. The van der Waals surface area contributed by atoms with Crippen LogP contribution in [0.2, 0.25) is 0 Å². The highest BCUT2D eigenvalue weighted by atomic mass is 32.2. The normalized spacial score (nSPS) is 16.0. The number of carbonyl (C=O) groups excluding carboxylic acids is 1. The second-order valence-corrected chi connectivity index (χ2v) is 6.49. The van der Waals surface area contributed by atoms with Crippen LogP contribution in [0.3, 0.4) is 0 Å². The molecule has 17 heavy (non-hydrogen) atoms. The zero-order valence-electron chi connectivity index (χ0n) is 12.1. The minimum absolute atomic E-state index is 0.268. The number of thioether (sulfide) groups is 1. The molecule has 0 aromatic rings. The Balaban J connectivity index is 0.000000419. The number of rotatable bonds is 7. The van der Waals surface area contributed by atoms with Gasteiger partial charge in [-0.05, 0) is 18.8 Å². The van der Waals surface area contributed by atoms with Gasteiger partial charge in [-0.25, -0.2) is 0 Å². The maximum Gasteiger partial charge on any atom is 0.186 e. The predicted octanol–water partition coefficient (Wildman–Crippen LogP) is 5.43. The standard InChI is InChI=1S/C10H20OS.C5H10/c1-4-6-8-10(7-5-2)12-9(3)11;1-2-5-3-4-5/h10H,4-8H2,1-3H3;5H,2-4H2,1H3. The molecule has 0 aromatic heterocycles. The monoisotopic (exact) mass is 258 g/mol. The van der Waals surface area contributed by atoms with Crippen molar-refractivity contribution < 1.29 is 4.79 Å². The highest BCUT2D eigenvalue weighted by Crippen LogP contribution is 2.31. The van der Waals surface area contributed by atoms with Crippen molar-refractivity contribution in [2.45, 2.75) is 84.3 Å². The quantitative estimate of drug-likeness (QED) is 0.605. The summed E-state index contributed by atoms with van der Waals surface area (Å²) in [7, 11) is 0. The molecule has 1 unspecified atom stereocenters. The van der Waals surface area contributed by atoms with Crippen LogP contribution in [-0.2, 0) is 4.79 Å². The predicted molar refractivity (Wildman–Crippen MR) is 79.5 cm³/mol. The molecule has 0 amide bonds. The van der Waals surface area contributed by atoms with E-state index in [1.54, 1.807) is 6.92 Å². The van der Waals surface area contributed by atoms with Gasteiger partial charge in [-0.15, -0.1) is 0 Å². The SMILES string of the molecule is CCC1CC1.CCCCC(CCC)SC(C)=O. The van der Waals surface area contributed by atoms with Crippen molar-refractivity contribution in [2.75, 3.05) is 0 Å². The smallest absolute Gasteiger partial charge is 0.186 e. The molecule has 0 aromatic carbocycles.